The first-order valence-corrected chi connectivity index (χ1v) is 9.51. The maximum absolute atomic E-state index is 13.0. The molecule has 0 aromatic carbocycles. The topological polar surface area (TPSA) is 70.8 Å². The zero-order chi connectivity index (χ0) is 17.2. The fourth-order valence-electron chi connectivity index (χ4n) is 4.40. The normalized spacial score (nSPS) is 27.5. The molecule has 1 N–H and O–H groups in total. The molecule has 1 amide bonds. The van der Waals surface area contributed by atoms with Gasteiger partial charge in [0.1, 0.15) is 0 Å². The highest BCUT2D eigenvalue weighted by Crippen LogP contribution is 2.27. The quantitative estimate of drug-likeness (QED) is 0.844. The molecular weight excluding hydrogens is 320 g/mol. The van der Waals surface area contributed by atoms with E-state index >= 15 is 0 Å². The van der Waals surface area contributed by atoms with E-state index < -0.39 is 0 Å². The van der Waals surface area contributed by atoms with Crippen molar-refractivity contribution in [1.82, 2.24) is 19.6 Å². The van der Waals surface area contributed by atoms with Gasteiger partial charge in [-0.1, -0.05) is 0 Å². The number of morpholine rings is 1. The van der Waals surface area contributed by atoms with Crippen molar-refractivity contribution in [2.75, 3.05) is 52.5 Å². The van der Waals surface area contributed by atoms with Crippen molar-refractivity contribution < 1.29 is 14.6 Å². The first-order chi connectivity index (χ1) is 12.3. The molecule has 1 aromatic rings. The molecule has 2 fully saturated rings. The highest BCUT2D eigenvalue weighted by Gasteiger charge is 2.37. The van der Waals surface area contributed by atoms with Crippen molar-refractivity contribution in [2.24, 2.45) is 11.8 Å². The summed E-state index contributed by atoms with van der Waals surface area (Å²) in [5.41, 5.74) is 1.86. The first kappa shape index (κ1) is 17.0. The number of aryl methyl sites for hydroxylation is 1. The molecule has 4 rings (SSSR count). The van der Waals surface area contributed by atoms with Crippen LogP contribution in [0.4, 0.5) is 0 Å². The van der Waals surface area contributed by atoms with Crippen molar-refractivity contribution in [3.8, 4) is 0 Å². The Morgan fingerprint density at radius 3 is 2.80 bits per heavy atom. The largest absolute Gasteiger partial charge is 0.396 e. The van der Waals surface area contributed by atoms with Gasteiger partial charge in [0.2, 0.25) is 0 Å². The standard InChI is InChI=1S/C18H28N4O3/c23-13-15-12-21(11-14(15)10-20-5-7-25-8-6-20)18(24)16-9-19-22-4-2-1-3-17(16)22/h9,14-15,23H,1-8,10-13H2/t14-,15-/m0/s1. The number of aliphatic hydroxyl groups is 1. The van der Waals surface area contributed by atoms with Crippen molar-refractivity contribution in [1.29, 1.82) is 0 Å². The average molecular weight is 348 g/mol. The molecule has 0 aliphatic carbocycles. The summed E-state index contributed by atoms with van der Waals surface area (Å²) >= 11 is 0. The number of hydrogen-bond donors (Lipinski definition) is 1. The maximum Gasteiger partial charge on any atom is 0.257 e. The van der Waals surface area contributed by atoms with Crippen molar-refractivity contribution >= 4 is 5.91 Å². The fourth-order valence-corrected chi connectivity index (χ4v) is 4.40. The number of aliphatic hydroxyl groups excluding tert-OH is 1. The molecule has 3 aliphatic heterocycles. The molecule has 2 saturated heterocycles. The molecule has 2 atom stereocenters. The van der Waals surface area contributed by atoms with Crippen LogP contribution in [0.1, 0.15) is 28.9 Å². The molecule has 7 nitrogen and oxygen atoms in total. The van der Waals surface area contributed by atoms with E-state index in [9.17, 15) is 9.90 Å². The van der Waals surface area contributed by atoms with Gasteiger partial charge in [-0.15, -0.1) is 0 Å². The second kappa shape index (κ2) is 7.43. The minimum atomic E-state index is 0.0890. The lowest BCUT2D eigenvalue weighted by Crippen LogP contribution is -2.41. The number of carbonyl (C=O) groups is 1. The number of fused-ring (bicyclic) bond motifs is 1. The van der Waals surface area contributed by atoms with Crippen molar-refractivity contribution in [3.05, 3.63) is 17.5 Å². The Hall–Kier alpha value is -1.44. The summed E-state index contributed by atoms with van der Waals surface area (Å²) in [6.07, 6.45) is 4.95. The number of carbonyl (C=O) groups excluding carboxylic acids is 1. The summed E-state index contributed by atoms with van der Waals surface area (Å²) in [6, 6.07) is 0. The molecule has 0 spiro atoms. The highest BCUT2D eigenvalue weighted by molar-refractivity contribution is 5.95. The van der Waals surface area contributed by atoms with Gasteiger partial charge in [0.15, 0.2) is 0 Å². The smallest absolute Gasteiger partial charge is 0.257 e. The molecule has 7 heteroatoms. The summed E-state index contributed by atoms with van der Waals surface area (Å²) in [5, 5.41) is 14.2. The monoisotopic (exact) mass is 348 g/mol. The minimum Gasteiger partial charge on any atom is -0.396 e. The average Bonchev–Trinajstić information content (AvgIpc) is 3.26. The van der Waals surface area contributed by atoms with Crippen molar-refractivity contribution in [2.45, 2.75) is 25.8 Å². The van der Waals surface area contributed by atoms with Crippen LogP contribution in [0.3, 0.4) is 0 Å². The number of rotatable bonds is 4. The van der Waals surface area contributed by atoms with Gasteiger partial charge in [0, 0.05) is 51.8 Å². The van der Waals surface area contributed by atoms with E-state index in [4.69, 9.17) is 4.74 Å². The first-order valence-electron chi connectivity index (χ1n) is 9.51. The predicted octanol–water partition coefficient (Wildman–Crippen LogP) is 0.232. The van der Waals surface area contributed by atoms with Gasteiger partial charge < -0.3 is 14.7 Å². The van der Waals surface area contributed by atoms with Crippen LogP contribution in [-0.4, -0.2) is 83.1 Å². The molecule has 0 saturated carbocycles. The van der Waals surface area contributed by atoms with E-state index in [-0.39, 0.29) is 18.4 Å². The van der Waals surface area contributed by atoms with Crippen LogP contribution in [0, 0.1) is 11.8 Å². The van der Waals surface area contributed by atoms with E-state index in [0.717, 1.165) is 76.5 Å². The van der Waals surface area contributed by atoms with E-state index in [2.05, 4.69) is 10.00 Å². The Labute approximate surface area is 148 Å². The van der Waals surface area contributed by atoms with Crippen LogP contribution in [0.5, 0.6) is 0 Å². The second-order valence-corrected chi connectivity index (χ2v) is 7.51. The lowest BCUT2D eigenvalue weighted by atomic mass is 9.96. The molecule has 4 heterocycles. The zero-order valence-electron chi connectivity index (χ0n) is 14.8. The van der Waals surface area contributed by atoms with Gasteiger partial charge in [0.25, 0.3) is 5.91 Å². The summed E-state index contributed by atoms with van der Waals surface area (Å²) in [7, 11) is 0. The third-order valence-corrected chi connectivity index (χ3v) is 5.91. The molecule has 138 valence electrons. The summed E-state index contributed by atoms with van der Waals surface area (Å²) in [5.74, 6) is 0.586. The molecule has 1 aromatic heterocycles. The summed E-state index contributed by atoms with van der Waals surface area (Å²) < 4.78 is 7.40. The van der Waals surface area contributed by atoms with E-state index in [1.54, 1.807) is 6.20 Å². The third kappa shape index (κ3) is 3.45. The SMILES string of the molecule is O=C(c1cnn2c1CCCC2)N1C[C@@H](CO)[C@@H](CN2CCOCC2)C1. The Bertz CT molecular complexity index is 611. The fraction of sp³-hybridized carbons (Fsp3) is 0.778. The van der Waals surface area contributed by atoms with Gasteiger partial charge in [-0.3, -0.25) is 14.4 Å². The van der Waals surface area contributed by atoms with Crippen LogP contribution in [0.25, 0.3) is 0 Å². The molecule has 3 aliphatic rings. The van der Waals surface area contributed by atoms with Crippen LogP contribution in [0.15, 0.2) is 6.20 Å². The Morgan fingerprint density at radius 2 is 2.00 bits per heavy atom. The number of hydrogen-bond acceptors (Lipinski definition) is 5. The molecule has 0 bridgehead atoms. The highest BCUT2D eigenvalue weighted by atomic mass is 16.5. The van der Waals surface area contributed by atoms with Crippen LogP contribution in [-0.2, 0) is 17.7 Å². The minimum absolute atomic E-state index is 0.0890. The van der Waals surface area contributed by atoms with Gasteiger partial charge >= 0.3 is 0 Å². The number of nitrogens with zero attached hydrogens (tertiary/aromatic N) is 4. The Kier molecular flexibility index (Phi) is 5.05. The molecular formula is C18H28N4O3. The van der Waals surface area contributed by atoms with Gasteiger partial charge in [-0.25, -0.2) is 0 Å². The van der Waals surface area contributed by atoms with E-state index in [1.807, 2.05) is 9.58 Å². The van der Waals surface area contributed by atoms with E-state index in [1.165, 1.54) is 0 Å². The lowest BCUT2D eigenvalue weighted by Gasteiger charge is -2.30. The number of amides is 1. The van der Waals surface area contributed by atoms with E-state index in [0.29, 0.717) is 12.5 Å². The number of aromatic nitrogens is 2. The second-order valence-electron chi connectivity index (χ2n) is 7.51. The van der Waals surface area contributed by atoms with Crippen molar-refractivity contribution in [3.63, 3.8) is 0 Å². The Morgan fingerprint density at radius 1 is 1.20 bits per heavy atom. The maximum atomic E-state index is 13.0. The van der Waals surface area contributed by atoms with Crippen LogP contribution in [0.2, 0.25) is 0 Å². The van der Waals surface area contributed by atoms with Gasteiger partial charge in [0.05, 0.1) is 30.7 Å². The predicted molar refractivity (Wildman–Crippen MR) is 92.4 cm³/mol. The zero-order valence-corrected chi connectivity index (χ0v) is 14.8. The molecule has 0 unspecified atom stereocenters. The third-order valence-electron chi connectivity index (χ3n) is 5.91. The summed E-state index contributed by atoms with van der Waals surface area (Å²) in [6.45, 7) is 6.82. The number of ether oxygens (including phenoxy) is 1. The van der Waals surface area contributed by atoms with Gasteiger partial charge in [-0.05, 0) is 25.2 Å². The van der Waals surface area contributed by atoms with Crippen LogP contribution < -0.4 is 0 Å². The van der Waals surface area contributed by atoms with Crippen LogP contribution >= 0.6 is 0 Å². The summed E-state index contributed by atoms with van der Waals surface area (Å²) in [4.78, 5) is 17.4. The Balaban J connectivity index is 1.44. The molecule has 0 radical (unpaired) electrons. The van der Waals surface area contributed by atoms with Gasteiger partial charge in [-0.2, -0.15) is 5.10 Å². The molecule has 25 heavy (non-hydrogen) atoms. The lowest BCUT2D eigenvalue weighted by molar-refractivity contribution is 0.0264. The number of likely N-dealkylation sites (tertiary alicyclic amines) is 1.